The van der Waals surface area contributed by atoms with Crippen LogP contribution in [0, 0.1) is 5.92 Å². The number of nitrogens with one attached hydrogen (secondary N) is 1. The van der Waals surface area contributed by atoms with E-state index < -0.39 is 6.04 Å². The normalized spacial score (nSPS) is 23.2. The Hall–Kier alpha value is -3.16. The number of para-hydroxylation sites is 1. The van der Waals surface area contributed by atoms with E-state index in [-0.39, 0.29) is 40.6 Å². The molecule has 2 bridgehead atoms. The van der Waals surface area contributed by atoms with Crippen LogP contribution in [0.5, 0.6) is 5.75 Å². The van der Waals surface area contributed by atoms with Gasteiger partial charge in [0.1, 0.15) is 18.8 Å². The Balaban J connectivity index is 0.00000304. The molecule has 0 aromatic heterocycles. The van der Waals surface area contributed by atoms with Crippen LogP contribution in [0.1, 0.15) is 34.8 Å². The summed E-state index contributed by atoms with van der Waals surface area (Å²) in [7, 11) is 0. The number of hydrogen-bond donors (Lipinski definition) is 2. The second kappa shape index (κ2) is 11.3. The fourth-order valence-electron chi connectivity index (χ4n) is 5.46. The molecule has 0 amide bonds. The second-order valence-corrected chi connectivity index (χ2v) is 9.77. The number of nitrogens with zero attached hydrogens (tertiary/aromatic N) is 1. The molecule has 0 saturated carbocycles. The topological polar surface area (TPSA) is 75.6 Å². The van der Waals surface area contributed by atoms with Gasteiger partial charge in [-0.25, -0.2) is 4.79 Å². The maximum absolute atomic E-state index is 13.5. The molecule has 3 aliphatic heterocycles. The fraction of sp³-hybridized carbons (Fsp3) is 0.310. The quantitative estimate of drug-likeness (QED) is 0.253. The summed E-state index contributed by atoms with van der Waals surface area (Å²) in [5.74, 6) is 0.248. The Morgan fingerprint density at radius 1 is 0.917 bits per heavy atom. The summed E-state index contributed by atoms with van der Waals surface area (Å²) in [5, 5.41) is 12.9. The molecule has 36 heavy (non-hydrogen) atoms. The van der Waals surface area contributed by atoms with Gasteiger partial charge >= 0.3 is 5.97 Å². The van der Waals surface area contributed by atoms with E-state index in [4.69, 9.17) is 4.74 Å². The lowest BCUT2D eigenvalue weighted by Crippen LogP contribution is -3.00. The number of aromatic hydroxyl groups is 1. The number of piperidine rings is 3. The maximum atomic E-state index is 13.5. The lowest BCUT2D eigenvalue weighted by molar-refractivity contribution is -0.938. The van der Waals surface area contributed by atoms with E-state index in [9.17, 15) is 14.7 Å². The van der Waals surface area contributed by atoms with E-state index >= 15 is 0 Å². The van der Waals surface area contributed by atoms with E-state index in [2.05, 4.69) is 5.32 Å². The Kier molecular flexibility index (Phi) is 8.11. The van der Waals surface area contributed by atoms with Crippen LogP contribution in [0.4, 0.5) is 5.69 Å². The molecule has 3 fully saturated rings. The fourth-order valence-corrected chi connectivity index (χ4v) is 5.46. The Labute approximate surface area is 222 Å². The number of phenolic OH excluding ortho intramolecular Hbond substituents is 1. The van der Waals surface area contributed by atoms with Crippen molar-refractivity contribution >= 4 is 17.4 Å². The zero-order chi connectivity index (χ0) is 24.3. The van der Waals surface area contributed by atoms with Gasteiger partial charge in [-0.15, -0.1) is 0 Å². The van der Waals surface area contributed by atoms with Crippen LogP contribution in [-0.4, -0.2) is 53.6 Å². The number of ether oxygens (including phenoxy) is 1. The minimum absolute atomic E-state index is 0. The van der Waals surface area contributed by atoms with Crippen molar-refractivity contribution in [1.82, 2.24) is 0 Å². The number of halogens is 1. The summed E-state index contributed by atoms with van der Waals surface area (Å²) in [6.45, 7) is 2.89. The average molecular weight is 551 g/mol. The smallest absolute Gasteiger partial charge is 0.333 e. The van der Waals surface area contributed by atoms with E-state index in [1.165, 1.54) is 0 Å². The number of carbonyl (C=O) groups excluding carboxylic acids is 2. The van der Waals surface area contributed by atoms with Crippen molar-refractivity contribution in [3.05, 3.63) is 96.1 Å². The van der Waals surface area contributed by atoms with Gasteiger partial charge in [0.25, 0.3) is 0 Å². The molecular formula is C29H31BrN2O4. The summed E-state index contributed by atoms with van der Waals surface area (Å²) in [6, 6.07) is 25.1. The van der Waals surface area contributed by atoms with Gasteiger partial charge < -0.3 is 36.6 Å². The van der Waals surface area contributed by atoms with Crippen molar-refractivity contribution in [3.8, 4) is 5.75 Å². The molecule has 7 heteroatoms. The number of ketones is 1. The van der Waals surface area contributed by atoms with Gasteiger partial charge in [0.2, 0.25) is 5.78 Å². The van der Waals surface area contributed by atoms with Crippen molar-refractivity contribution in [3.63, 3.8) is 0 Å². The van der Waals surface area contributed by atoms with Gasteiger partial charge in [-0.1, -0.05) is 48.5 Å². The lowest BCUT2D eigenvalue weighted by Gasteiger charge is -2.51. The van der Waals surface area contributed by atoms with Crippen LogP contribution in [0.3, 0.4) is 0 Å². The summed E-state index contributed by atoms with van der Waals surface area (Å²) in [5.41, 5.74) is 2.32. The zero-order valence-electron chi connectivity index (χ0n) is 20.1. The van der Waals surface area contributed by atoms with Crippen molar-refractivity contribution in [2.75, 3.05) is 31.5 Å². The number of hydrogen-bond acceptors (Lipinski definition) is 5. The third-order valence-corrected chi connectivity index (χ3v) is 7.43. The predicted molar refractivity (Wildman–Crippen MR) is 134 cm³/mol. The summed E-state index contributed by atoms with van der Waals surface area (Å²) in [4.78, 5) is 26.5. The Morgan fingerprint density at radius 2 is 1.53 bits per heavy atom. The minimum atomic E-state index is -0.610. The van der Waals surface area contributed by atoms with Gasteiger partial charge in [-0.3, -0.25) is 4.79 Å². The minimum Gasteiger partial charge on any atom is -1.00 e. The van der Waals surface area contributed by atoms with E-state index in [0.717, 1.165) is 37.2 Å². The molecule has 3 aromatic rings. The second-order valence-electron chi connectivity index (χ2n) is 9.77. The van der Waals surface area contributed by atoms with Gasteiger partial charge in [0, 0.05) is 30.0 Å². The summed E-state index contributed by atoms with van der Waals surface area (Å²) < 4.78 is 6.83. The number of carbonyl (C=O) groups is 2. The summed E-state index contributed by atoms with van der Waals surface area (Å²) in [6.07, 6.45) is 1.69. The van der Waals surface area contributed by atoms with Crippen LogP contribution >= 0.6 is 0 Å². The molecule has 3 aromatic carbocycles. The highest BCUT2D eigenvalue weighted by molar-refractivity contribution is 5.97. The third-order valence-electron chi connectivity index (χ3n) is 7.43. The van der Waals surface area contributed by atoms with E-state index in [0.29, 0.717) is 29.1 Å². The number of benzene rings is 3. The van der Waals surface area contributed by atoms with Crippen LogP contribution in [0.25, 0.3) is 0 Å². The van der Waals surface area contributed by atoms with E-state index in [1.807, 2.05) is 60.7 Å². The van der Waals surface area contributed by atoms with Gasteiger partial charge in [-0.2, -0.15) is 0 Å². The maximum Gasteiger partial charge on any atom is 0.333 e. The SMILES string of the molecule is O=C(C[N+]12CCC(CC1)[C@@H](OC(=O)[C@H](Nc1ccccc1)c1ccccc1)C2)c1ccc(O)cc1.[Br-]. The molecular weight excluding hydrogens is 520 g/mol. The monoisotopic (exact) mass is 550 g/mol. The molecule has 0 unspecified atom stereocenters. The molecule has 2 N–H and O–H groups in total. The first-order valence-corrected chi connectivity index (χ1v) is 12.3. The molecule has 3 saturated heterocycles. The number of quaternary nitrogens is 1. The number of fused-ring (bicyclic) bond motifs is 3. The third kappa shape index (κ3) is 5.79. The molecule has 2 atom stereocenters. The molecule has 188 valence electrons. The van der Waals surface area contributed by atoms with Crippen molar-refractivity contribution < 1.29 is 40.9 Å². The van der Waals surface area contributed by atoms with Crippen molar-refractivity contribution in [2.45, 2.75) is 25.0 Å². The molecule has 0 aliphatic carbocycles. The first-order valence-electron chi connectivity index (χ1n) is 12.3. The number of phenols is 1. The first-order chi connectivity index (χ1) is 17.0. The first kappa shape index (κ1) is 25.9. The van der Waals surface area contributed by atoms with Crippen molar-refractivity contribution in [2.24, 2.45) is 5.92 Å². The van der Waals surface area contributed by atoms with Crippen LogP contribution in [0.2, 0.25) is 0 Å². The van der Waals surface area contributed by atoms with Gasteiger partial charge in [0.15, 0.2) is 12.1 Å². The van der Waals surface area contributed by atoms with Crippen LogP contribution < -0.4 is 22.3 Å². The van der Waals surface area contributed by atoms with Crippen molar-refractivity contribution in [1.29, 1.82) is 0 Å². The average Bonchev–Trinajstić information content (AvgIpc) is 2.89. The number of rotatable bonds is 8. The van der Waals surface area contributed by atoms with E-state index in [1.54, 1.807) is 24.3 Å². The predicted octanol–water partition coefficient (Wildman–Crippen LogP) is 1.58. The highest BCUT2D eigenvalue weighted by Gasteiger charge is 2.49. The highest BCUT2D eigenvalue weighted by Crippen LogP contribution is 2.37. The number of anilines is 1. The number of esters is 1. The molecule has 0 spiro atoms. The molecule has 3 aliphatic rings. The zero-order valence-corrected chi connectivity index (χ0v) is 21.6. The molecule has 6 nitrogen and oxygen atoms in total. The standard InChI is InChI=1S/C29H30N2O4.BrH/c32-25-13-11-21(12-14-25)26(33)19-31-17-15-22(16-18-31)27(20-31)35-29(34)28(23-7-3-1-4-8-23)30-24-9-5-2-6-10-24;/h1-14,22,27-28,30H,15-20H2;1H/t22?,27-,28+,31?;/m0./s1. The van der Waals surface area contributed by atoms with Gasteiger partial charge in [0.05, 0.1) is 13.1 Å². The van der Waals surface area contributed by atoms with Crippen LogP contribution in [0.15, 0.2) is 84.9 Å². The number of Topliss-reactive ketones (excluding diaryl/α,β-unsaturated/α-hetero) is 1. The molecule has 3 heterocycles. The van der Waals surface area contributed by atoms with Gasteiger partial charge in [-0.05, 0) is 42.0 Å². The lowest BCUT2D eigenvalue weighted by atomic mass is 9.82. The Bertz CT molecular complexity index is 1160. The summed E-state index contributed by atoms with van der Waals surface area (Å²) >= 11 is 0. The largest absolute Gasteiger partial charge is 1.00 e. The Morgan fingerprint density at radius 3 is 2.17 bits per heavy atom. The highest BCUT2D eigenvalue weighted by atomic mass is 79.9. The molecule has 6 rings (SSSR count). The van der Waals surface area contributed by atoms with Crippen LogP contribution in [-0.2, 0) is 9.53 Å². The molecule has 0 radical (unpaired) electrons.